The quantitative estimate of drug-likeness (QED) is 0.555. The van der Waals surface area contributed by atoms with Crippen LogP contribution in [0.15, 0.2) is 77.7 Å². The van der Waals surface area contributed by atoms with Crippen LogP contribution in [0.5, 0.6) is 0 Å². The third-order valence-electron chi connectivity index (χ3n) is 4.09. The van der Waals surface area contributed by atoms with Crippen LogP contribution in [0.4, 0.5) is 0 Å². The summed E-state index contributed by atoms with van der Waals surface area (Å²) in [4.78, 5) is 0.348. The first-order valence-electron chi connectivity index (χ1n) is 7.34. The number of hydrogen-bond donors (Lipinski definition) is 0. The molecule has 1 aromatic heterocycles. The van der Waals surface area contributed by atoms with E-state index in [1.165, 1.54) is 6.26 Å². The van der Waals surface area contributed by atoms with Gasteiger partial charge in [-0.05, 0) is 36.4 Å². The van der Waals surface area contributed by atoms with Crippen molar-refractivity contribution in [3.8, 4) is 5.69 Å². The van der Waals surface area contributed by atoms with Crippen molar-refractivity contribution in [2.75, 3.05) is 6.26 Å². The van der Waals surface area contributed by atoms with Gasteiger partial charge in [0.1, 0.15) is 0 Å². The molecule has 4 heteroatoms. The summed E-state index contributed by atoms with van der Waals surface area (Å²) >= 11 is 0. The summed E-state index contributed by atoms with van der Waals surface area (Å²) in [6.07, 6.45) is 1.24. The molecule has 0 fully saturated rings. The molecular formula is C19H15NO2S. The molecule has 1 heterocycles. The Morgan fingerprint density at radius 3 is 2.13 bits per heavy atom. The number of nitrogens with zero attached hydrogens (tertiary/aromatic N) is 1. The average Bonchev–Trinajstić information content (AvgIpc) is 2.88. The van der Waals surface area contributed by atoms with Crippen LogP contribution in [-0.2, 0) is 9.84 Å². The minimum absolute atomic E-state index is 0.348. The SMILES string of the molecule is CS(=O)(=O)c1ccc2c(c1)c1ccccc1n2-c1ccccc1. The first-order valence-corrected chi connectivity index (χ1v) is 9.23. The van der Waals surface area contributed by atoms with Crippen molar-refractivity contribution in [1.29, 1.82) is 0 Å². The Balaban J connectivity index is 2.17. The molecule has 0 saturated carbocycles. The van der Waals surface area contributed by atoms with Crippen molar-refractivity contribution >= 4 is 31.6 Å². The van der Waals surface area contributed by atoms with Crippen molar-refractivity contribution in [1.82, 2.24) is 4.57 Å². The molecule has 3 aromatic carbocycles. The van der Waals surface area contributed by atoms with Gasteiger partial charge in [0.05, 0.1) is 15.9 Å². The highest BCUT2D eigenvalue weighted by Gasteiger charge is 2.15. The first-order chi connectivity index (χ1) is 11.1. The van der Waals surface area contributed by atoms with Crippen LogP contribution in [0.1, 0.15) is 0 Å². The number of para-hydroxylation sites is 2. The normalized spacial score (nSPS) is 12.0. The second kappa shape index (κ2) is 4.96. The lowest BCUT2D eigenvalue weighted by Gasteiger charge is -2.07. The monoisotopic (exact) mass is 321 g/mol. The second-order valence-corrected chi connectivity index (χ2v) is 7.65. The fraction of sp³-hybridized carbons (Fsp3) is 0.0526. The lowest BCUT2D eigenvalue weighted by Crippen LogP contribution is -1.97. The number of hydrogen-bond acceptors (Lipinski definition) is 2. The Morgan fingerprint density at radius 1 is 0.739 bits per heavy atom. The van der Waals surface area contributed by atoms with Gasteiger partial charge in [0.15, 0.2) is 9.84 Å². The maximum atomic E-state index is 11.9. The maximum absolute atomic E-state index is 11.9. The van der Waals surface area contributed by atoms with Crippen LogP contribution in [0.2, 0.25) is 0 Å². The predicted molar refractivity (Wildman–Crippen MR) is 93.9 cm³/mol. The summed E-state index contributed by atoms with van der Waals surface area (Å²) in [6.45, 7) is 0. The molecular weight excluding hydrogens is 306 g/mol. The zero-order valence-corrected chi connectivity index (χ0v) is 13.4. The van der Waals surface area contributed by atoms with Crippen molar-refractivity contribution in [3.05, 3.63) is 72.8 Å². The molecule has 0 aliphatic heterocycles. The fourth-order valence-corrected chi connectivity index (χ4v) is 3.69. The summed E-state index contributed by atoms with van der Waals surface area (Å²) in [5.41, 5.74) is 3.13. The van der Waals surface area contributed by atoms with Crippen LogP contribution in [-0.4, -0.2) is 19.2 Å². The predicted octanol–water partition coefficient (Wildman–Crippen LogP) is 4.19. The van der Waals surface area contributed by atoms with Gasteiger partial charge in [0, 0.05) is 22.7 Å². The molecule has 0 aliphatic carbocycles. The smallest absolute Gasteiger partial charge is 0.175 e. The Labute approximate surface area is 134 Å². The van der Waals surface area contributed by atoms with Crippen LogP contribution >= 0.6 is 0 Å². The summed E-state index contributed by atoms with van der Waals surface area (Å²) in [5, 5.41) is 2.00. The highest BCUT2D eigenvalue weighted by molar-refractivity contribution is 7.90. The molecule has 114 valence electrons. The minimum atomic E-state index is -3.23. The third-order valence-corrected chi connectivity index (χ3v) is 5.20. The summed E-state index contributed by atoms with van der Waals surface area (Å²) in [5.74, 6) is 0. The van der Waals surface area contributed by atoms with E-state index in [0.717, 1.165) is 27.5 Å². The van der Waals surface area contributed by atoms with E-state index in [2.05, 4.69) is 22.8 Å². The topological polar surface area (TPSA) is 39.1 Å². The van der Waals surface area contributed by atoms with Gasteiger partial charge >= 0.3 is 0 Å². The van der Waals surface area contributed by atoms with Crippen molar-refractivity contribution < 1.29 is 8.42 Å². The standard InChI is InChI=1S/C19H15NO2S/c1-23(21,22)15-11-12-19-17(13-15)16-9-5-6-10-18(16)20(19)14-7-3-2-4-8-14/h2-13H,1H3. The van der Waals surface area contributed by atoms with Crippen molar-refractivity contribution in [2.45, 2.75) is 4.90 Å². The van der Waals surface area contributed by atoms with E-state index in [1.54, 1.807) is 12.1 Å². The van der Waals surface area contributed by atoms with Gasteiger partial charge < -0.3 is 4.57 Å². The van der Waals surface area contributed by atoms with Gasteiger partial charge in [-0.2, -0.15) is 0 Å². The highest BCUT2D eigenvalue weighted by atomic mass is 32.2. The number of sulfone groups is 1. The molecule has 0 N–H and O–H groups in total. The van der Waals surface area contributed by atoms with Crippen LogP contribution < -0.4 is 0 Å². The summed E-state index contributed by atoms with van der Waals surface area (Å²) in [7, 11) is -3.23. The van der Waals surface area contributed by atoms with E-state index in [1.807, 2.05) is 42.5 Å². The van der Waals surface area contributed by atoms with E-state index >= 15 is 0 Å². The number of aromatic nitrogens is 1. The first kappa shape index (κ1) is 14.0. The molecule has 0 atom stereocenters. The molecule has 0 spiro atoms. The van der Waals surface area contributed by atoms with Crippen molar-refractivity contribution in [2.24, 2.45) is 0 Å². The zero-order chi connectivity index (χ0) is 16.0. The average molecular weight is 321 g/mol. The largest absolute Gasteiger partial charge is 0.309 e. The number of fused-ring (bicyclic) bond motifs is 3. The van der Waals surface area contributed by atoms with Gasteiger partial charge in [-0.1, -0.05) is 36.4 Å². The molecule has 3 nitrogen and oxygen atoms in total. The van der Waals surface area contributed by atoms with Crippen molar-refractivity contribution in [3.63, 3.8) is 0 Å². The molecule has 4 aromatic rings. The highest BCUT2D eigenvalue weighted by Crippen LogP contribution is 2.33. The Hall–Kier alpha value is -2.59. The fourth-order valence-electron chi connectivity index (χ4n) is 3.04. The van der Waals surface area contributed by atoms with E-state index < -0.39 is 9.84 Å². The molecule has 0 radical (unpaired) electrons. The van der Waals surface area contributed by atoms with Gasteiger partial charge in [0.25, 0.3) is 0 Å². The van der Waals surface area contributed by atoms with Gasteiger partial charge in [0.2, 0.25) is 0 Å². The Bertz CT molecular complexity index is 1130. The number of rotatable bonds is 2. The van der Waals surface area contributed by atoms with E-state index in [0.29, 0.717) is 4.90 Å². The lowest BCUT2D eigenvalue weighted by atomic mass is 10.1. The van der Waals surface area contributed by atoms with E-state index in [-0.39, 0.29) is 0 Å². The molecule has 4 rings (SSSR count). The second-order valence-electron chi connectivity index (χ2n) is 5.64. The summed E-state index contributed by atoms with van der Waals surface area (Å²) < 4.78 is 25.9. The minimum Gasteiger partial charge on any atom is -0.309 e. The Kier molecular flexibility index (Phi) is 3.03. The van der Waals surface area contributed by atoms with Gasteiger partial charge in [-0.25, -0.2) is 8.42 Å². The zero-order valence-electron chi connectivity index (χ0n) is 12.6. The molecule has 0 unspecified atom stereocenters. The van der Waals surface area contributed by atoms with Crippen LogP contribution in [0.3, 0.4) is 0 Å². The van der Waals surface area contributed by atoms with Gasteiger partial charge in [-0.3, -0.25) is 0 Å². The molecule has 0 saturated heterocycles. The molecule has 23 heavy (non-hydrogen) atoms. The van der Waals surface area contributed by atoms with Gasteiger partial charge in [-0.15, -0.1) is 0 Å². The van der Waals surface area contributed by atoms with E-state index in [4.69, 9.17) is 0 Å². The molecule has 0 amide bonds. The maximum Gasteiger partial charge on any atom is 0.175 e. The molecule has 0 aliphatic rings. The number of benzene rings is 3. The van der Waals surface area contributed by atoms with Crippen LogP contribution in [0.25, 0.3) is 27.5 Å². The summed E-state index contributed by atoms with van der Waals surface area (Å²) in [6, 6.07) is 23.5. The van der Waals surface area contributed by atoms with Crippen LogP contribution in [0, 0.1) is 0 Å². The lowest BCUT2D eigenvalue weighted by molar-refractivity contribution is 0.602. The Morgan fingerprint density at radius 2 is 1.39 bits per heavy atom. The van der Waals surface area contributed by atoms with E-state index in [9.17, 15) is 8.42 Å². The third kappa shape index (κ3) is 2.23. The molecule has 0 bridgehead atoms.